The van der Waals surface area contributed by atoms with Gasteiger partial charge >= 0.3 is 6.03 Å². The molecule has 1 aliphatic heterocycles. The number of amides is 2. The minimum Gasteiger partial charge on any atom is -0.495 e. The molecule has 0 aliphatic carbocycles. The number of methoxy groups -OCH3 is 1. The van der Waals surface area contributed by atoms with Crippen LogP contribution < -0.4 is 15.8 Å². The van der Waals surface area contributed by atoms with Crippen LogP contribution in [0.15, 0.2) is 18.2 Å². The largest absolute Gasteiger partial charge is 0.495 e. The number of ether oxygens (including phenoxy) is 1. The van der Waals surface area contributed by atoms with Crippen LogP contribution in [0.5, 0.6) is 5.75 Å². The smallest absolute Gasteiger partial charge is 0.321 e. The molecule has 1 atom stereocenters. The van der Waals surface area contributed by atoms with E-state index in [1.165, 1.54) is 13.5 Å². The number of urea groups is 1. The molecule has 2 amide bonds. The van der Waals surface area contributed by atoms with Crippen LogP contribution in [0.4, 0.5) is 10.5 Å². The van der Waals surface area contributed by atoms with E-state index in [-0.39, 0.29) is 11.9 Å². The molecule has 2 rings (SSSR count). The average molecular weight is 290 g/mol. The molecule has 0 radical (unpaired) electrons. The Morgan fingerprint density at radius 2 is 2.29 bits per heavy atom. The van der Waals surface area contributed by atoms with Crippen molar-refractivity contribution < 1.29 is 9.53 Å². The van der Waals surface area contributed by atoms with Crippen LogP contribution in [-0.4, -0.2) is 37.0 Å². The molecule has 0 bridgehead atoms. The summed E-state index contributed by atoms with van der Waals surface area (Å²) in [6.07, 6.45) is 2.20. The number of piperidine rings is 1. The number of rotatable bonds is 3. The number of carbonyl (C=O) groups is 1. The maximum atomic E-state index is 12.3. The summed E-state index contributed by atoms with van der Waals surface area (Å²) in [5, 5.41) is 10.3. The molecule has 0 spiro atoms. The molecule has 4 N–H and O–H groups in total. The summed E-state index contributed by atoms with van der Waals surface area (Å²) in [6, 6.07) is 4.94. The fourth-order valence-electron chi connectivity index (χ4n) is 2.53. The van der Waals surface area contributed by atoms with E-state index < -0.39 is 0 Å². The molecule has 114 valence electrons. The number of carbonyl (C=O) groups excluding carboxylic acids is 1. The highest BCUT2D eigenvalue weighted by Crippen LogP contribution is 2.26. The molecule has 1 fully saturated rings. The normalized spacial score (nSPS) is 18.2. The second kappa shape index (κ2) is 6.47. The summed E-state index contributed by atoms with van der Waals surface area (Å²) in [7, 11) is 1.53. The van der Waals surface area contributed by atoms with Gasteiger partial charge in [-0.05, 0) is 37.0 Å². The van der Waals surface area contributed by atoms with Crippen LogP contribution in [0.3, 0.4) is 0 Å². The zero-order chi connectivity index (χ0) is 15.4. The third-order valence-corrected chi connectivity index (χ3v) is 3.70. The first-order valence-corrected chi connectivity index (χ1v) is 7.09. The van der Waals surface area contributed by atoms with Crippen LogP contribution >= 0.6 is 0 Å². The number of benzene rings is 1. The van der Waals surface area contributed by atoms with Crippen LogP contribution in [0, 0.1) is 11.3 Å². The van der Waals surface area contributed by atoms with Crippen LogP contribution in [-0.2, 0) is 0 Å². The van der Waals surface area contributed by atoms with Gasteiger partial charge in [-0.15, -0.1) is 0 Å². The summed E-state index contributed by atoms with van der Waals surface area (Å²) in [6.45, 7) is 3.71. The van der Waals surface area contributed by atoms with E-state index in [0.717, 1.165) is 19.5 Å². The summed E-state index contributed by atoms with van der Waals surface area (Å²) in [4.78, 5) is 14.1. The van der Waals surface area contributed by atoms with Crippen molar-refractivity contribution in [1.82, 2.24) is 4.90 Å². The van der Waals surface area contributed by atoms with Crippen molar-refractivity contribution in [1.29, 1.82) is 5.41 Å². The number of hydrogen-bond donors (Lipinski definition) is 3. The molecule has 1 aromatic carbocycles. The van der Waals surface area contributed by atoms with Crippen molar-refractivity contribution in [3.63, 3.8) is 0 Å². The summed E-state index contributed by atoms with van der Waals surface area (Å²) in [5.41, 5.74) is 6.61. The molecule has 1 saturated heterocycles. The number of nitrogens with zero attached hydrogens (tertiary/aromatic N) is 1. The van der Waals surface area contributed by atoms with E-state index in [9.17, 15) is 4.79 Å². The molecule has 1 heterocycles. The van der Waals surface area contributed by atoms with E-state index in [1.54, 1.807) is 18.2 Å². The van der Waals surface area contributed by atoms with E-state index in [4.69, 9.17) is 15.9 Å². The van der Waals surface area contributed by atoms with Crippen LogP contribution in [0.1, 0.15) is 25.3 Å². The Morgan fingerprint density at radius 1 is 1.52 bits per heavy atom. The van der Waals surface area contributed by atoms with Gasteiger partial charge in [0.15, 0.2) is 0 Å². The molecule has 1 aromatic rings. The van der Waals surface area contributed by atoms with Gasteiger partial charge in [-0.3, -0.25) is 5.41 Å². The molecule has 1 unspecified atom stereocenters. The van der Waals surface area contributed by atoms with Gasteiger partial charge in [-0.25, -0.2) is 4.79 Å². The zero-order valence-corrected chi connectivity index (χ0v) is 12.5. The lowest BCUT2D eigenvalue weighted by molar-refractivity contribution is 0.182. The van der Waals surface area contributed by atoms with Gasteiger partial charge in [-0.2, -0.15) is 0 Å². The Labute approximate surface area is 124 Å². The SMILES string of the molecule is COc1cc(C(=N)N)ccc1NC(=O)N1CCCC(C)C1. The number of amidine groups is 1. The maximum Gasteiger partial charge on any atom is 0.321 e. The number of nitrogens with two attached hydrogens (primary N) is 1. The molecular formula is C15H22N4O2. The predicted octanol–water partition coefficient (Wildman–Crippen LogP) is 2.24. The lowest BCUT2D eigenvalue weighted by Gasteiger charge is -2.31. The first-order valence-electron chi connectivity index (χ1n) is 7.09. The number of hydrogen-bond acceptors (Lipinski definition) is 3. The third-order valence-electron chi connectivity index (χ3n) is 3.70. The zero-order valence-electron chi connectivity index (χ0n) is 12.5. The number of likely N-dealkylation sites (tertiary alicyclic amines) is 1. The minimum absolute atomic E-state index is 0.0315. The molecule has 1 aliphatic rings. The summed E-state index contributed by atoms with van der Waals surface area (Å²) in [5.74, 6) is 1.00. The highest BCUT2D eigenvalue weighted by atomic mass is 16.5. The second-order valence-electron chi connectivity index (χ2n) is 5.45. The van der Waals surface area contributed by atoms with E-state index in [2.05, 4.69) is 12.2 Å². The summed E-state index contributed by atoms with van der Waals surface area (Å²) < 4.78 is 5.26. The van der Waals surface area contributed by atoms with Crippen LogP contribution in [0.2, 0.25) is 0 Å². The Kier molecular flexibility index (Phi) is 4.67. The molecule has 0 aromatic heterocycles. The molecule has 6 heteroatoms. The number of nitrogens with one attached hydrogen (secondary N) is 2. The van der Waals surface area contributed by atoms with Gasteiger partial charge in [0.05, 0.1) is 12.8 Å². The van der Waals surface area contributed by atoms with Gasteiger partial charge in [-0.1, -0.05) is 6.92 Å². The van der Waals surface area contributed by atoms with Gasteiger partial charge in [0.25, 0.3) is 0 Å². The van der Waals surface area contributed by atoms with Gasteiger partial charge in [0.1, 0.15) is 11.6 Å². The monoisotopic (exact) mass is 290 g/mol. The lowest BCUT2D eigenvalue weighted by Crippen LogP contribution is -2.41. The number of nitrogen functional groups attached to an aromatic ring is 1. The topological polar surface area (TPSA) is 91.4 Å². The molecule has 21 heavy (non-hydrogen) atoms. The van der Waals surface area contributed by atoms with Crippen molar-refractivity contribution in [2.75, 3.05) is 25.5 Å². The Balaban J connectivity index is 2.11. The fraction of sp³-hybridized carbons (Fsp3) is 0.467. The fourth-order valence-corrected chi connectivity index (χ4v) is 2.53. The lowest BCUT2D eigenvalue weighted by atomic mass is 10.0. The Hall–Kier alpha value is -2.24. The quantitative estimate of drug-likeness (QED) is 0.589. The van der Waals surface area contributed by atoms with E-state index >= 15 is 0 Å². The molecule has 0 saturated carbocycles. The number of anilines is 1. The van der Waals surface area contributed by atoms with E-state index in [0.29, 0.717) is 22.9 Å². The highest BCUT2D eigenvalue weighted by molar-refractivity contribution is 5.97. The predicted molar refractivity (Wildman–Crippen MR) is 83.0 cm³/mol. The van der Waals surface area contributed by atoms with Crippen LogP contribution in [0.25, 0.3) is 0 Å². The first kappa shape index (κ1) is 15.2. The first-order chi connectivity index (χ1) is 10.0. The summed E-state index contributed by atoms with van der Waals surface area (Å²) >= 11 is 0. The molecular weight excluding hydrogens is 268 g/mol. The maximum absolute atomic E-state index is 12.3. The Morgan fingerprint density at radius 3 is 2.90 bits per heavy atom. The van der Waals surface area contributed by atoms with Gasteiger partial charge < -0.3 is 20.7 Å². The second-order valence-corrected chi connectivity index (χ2v) is 5.45. The average Bonchev–Trinajstić information content (AvgIpc) is 2.47. The van der Waals surface area contributed by atoms with Crippen molar-refractivity contribution in [3.8, 4) is 5.75 Å². The van der Waals surface area contributed by atoms with Crippen molar-refractivity contribution in [2.45, 2.75) is 19.8 Å². The van der Waals surface area contributed by atoms with Crippen molar-refractivity contribution >= 4 is 17.6 Å². The third kappa shape index (κ3) is 3.65. The van der Waals surface area contributed by atoms with E-state index in [1.807, 2.05) is 4.90 Å². The van der Waals surface area contributed by atoms with Gasteiger partial charge in [0.2, 0.25) is 0 Å². The van der Waals surface area contributed by atoms with Crippen molar-refractivity contribution in [2.24, 2.45) is 11.7 Å². The highest BCUT2D eigenvalue weighted by Gasteiger charge is 2.21. The Bertz CT molecular complexity index is 544. The minimum atomic E-state index is -0.115. The standard InChI is InChI=1S/C15H22N4O2/c1-10-4-3-7-19(9-10)15(20)18-12-6-5-11(14(16)17)8-13(12)21-2/h5-6,8,10H,3-4,7,9H2,1-2H3,(H3,16,17)(H,18,20). The van der Waals surface area contributed by atoms with Crippen molar-refractivity contribution in [3.05, 3.63) is 23.8 Å². The molecule has 6 nitrogen and oxygen atoms in total. The van der Waals surface area contributed by atoms with Gasteiger partial charge in [0, 0.05) is 18.7 Å².